The van der Waals surface area contributed by atoms with Crippen molar-refractivity contribution in [3.8, 4) is 0 Å². The van der Waals surface area contributed by atoms with Gasteiger partial charge in [-0.05, 0) is 68.7 Å². The standard InChI is InChI=1S/C25H29N3O2S/c1-17(2)27-25(30)24-21(20-11-3-4-12-22(20)31-24)16-19-10-6-8-14-28(19)23(29)15-18-9-5-7-13-26-18/h3-5,7,9,11-13,17,19H,6,8,10,14-16H2,1-2H3,(H,27,30)/t19-/m0/s1. The average molecular weight is 436 g/mol. The molecule has 1 aliphatic rings. The van der Waals surface area contributed by atoms with Gasteiger partial charge in [0.15, 0.2) is 0 Å². The number of fused-ring (bicyclic) bond motifs is 1. The molecule has 31 heavy (non-hydrogen) atoms. The first-order valence-electron chi connectivity index (χ1n) is 11.0. The third kappa shape index (κ3) is 4.96. The first kappa shape index (κ1) is 21.5. The molecule has 162 valence electrons. The third-order valence-electron chi connectivity index (χ3n) is 5.77. The van der Waals surface area contributed by atoms with E-state index in [1.807, 2.05) is 49.1 Å². The van der Waals surface area contributed by atoms with E-state index >= 15 is 0 Å². The Kier molecular flexibility index (Phi) is 6.66. The zero-order valence-electron chi connectivity index (χ0n) is 18.1. The molecule has 1 N–H and O–H groups in total. The smallest absolute Gasteiger partial charge is 0.261 e. The molecule has 4 rings (SSSR count). The Bertz CT molecular complexity index is 1060. The van der Waals surface area contributed by atoms with Crippen LogP contribution < -0.4 is 5.32 Å². The van der Waals surface area contributed by atoms with Crippen LogP contribution in [0.3, 0.4) is 0 Å². The van der Waals surface area contributed by atoms with Crippen molar-refractivity contribution in [3.05, 3.63) is 64.8 Å². The predicted octanol–water partition coefficient (Wildman–Crippen LogP) is 4.60. The van der Waals surface area contributed by atoms with Crippen LogP contribution in [0.1, 0.15) is 54.0 Å². The van der Waals surface area contributed by atoms with Gasteiger partial charge in [-0.25, -0.2) is 0 Å². The normalized spacial score (nSPS) is 16.6. The maximum atomic E-state index is 13.1. The number of nitrogens with zero attached hydrogens (tertiary/aromatic N) is 2. The van der Waals surface area contributed by atoms with Crippen LogP contribution in [0.2, 0.25) is 0 Å². The van der Waals surface area contributed by atoms with Gasteiger partial charge >= 0.3 is 0 Å². The first-order chi connectivity index (χ1) is 15.0. The van der Waals surface area contributed by atoms with Gasteiger partial charge in [0.05, 0.1) is 11.3 Å². The quantitative estimate of drug-likeness (QED) is 0.615. The highest BCUT2D eigenvalue weighted by molar-refractivity contribution is 7.21. The number of carbonyl (C=O) groups is 2. The third-order valence-corrected chi connectivity index (χ3v) is 6.98. The summed E-state index contributed by atoms with van der Waals surface area (Å²) < 4.78 is 1.12. The van der Waals surface area contributed by atoms with Crippen LogP contribution in [0.4, 0.5) is 0 Å². The van der Waals surface area contributed by atoms with Crippen LogP contribution in [0.5, 0.6) is 0 Å². The molecule has 2 amide bonds. The zero-order chi connectivity index (χ0) is 21.8. The number of piperidine rings is 1. The summed E-state index contributed by atoms with van der Waals surface area (Å²) in [6, 6.07) is 14.1. The summed E-state index contributed by atoms with van der Waals surface area (Å²) in [7, 11) is 0. The van der Waals surface area contributed by atoms with Crippen molar-refractivity contribution in [1.29, 1.82) is 0 Å². The molecule has 0 aliphatic carbocycles. The number of carbonyl (C=O) groups excluding carboxylic acids is 2. The number of benzene rings is 1. The maximum Gasteiger partial charge on any atom is 0.261 e. The Balaban J connectivity index is 1.61. The topological polar surface area (TPSA) is 62.3 Å². The van der Waals surface area contributed by atoms with Gasteiger partial charge in [0.25, 0.3) is 5.91 Å². The van der Waals surface area contributed by atoms with E-state index in [1.165, 1.54) is 0 Å². The molecule has 0 spiro atoms. The molecule has 0 unspecified atom stereocenters. The molecule has 0 radical (unpaired) electrons. The summed E-state index contributed by atoms with van der Waals surface area (Å²) in [5.41, 5.74) is 1.87. The van der Waals surface area contributed by atoms with Gasteiger partial charge in [-0.2, -0.15) is 0 Å². The van der Waals surface area contributed by atoms with Gasteiger partial charge in [-0.3, -0.25) is 14.6 Å². The van der Waals surface area contributed by atoms with Gasteiger partial charge in [0, 0.05) is 35.2 Å². The van der Waals surface area contributed by atoms with E-state index in [0.717, 1.165) is 52.0 Å². The number of thiophene rings is 1. The second kappa shape index (κ2) is 9.60. The van der Waals surface area contributed by atoms with Crippen LogP contribution in [0.25, 0.3) is 10.1 Å². The lowest BCUT2D eigenvalue weighted by Crippen LogP contribution is -2.45. The minimum Gasteiger partial charge on any atom is -0.349 e. The molecule has 1 fully saturated rings. The number of nitrogens with one attached hydrogen (secondary N) is 1. The zero-order valence-corrected chi connectivity index (χ0v) is 19.0. The van der Waals surface area contributed by atoms with Crippen molar-refractivity contribution in [1.82, 2.24) is 15.2 Å². The van der Waals surface area contributed by atoms with E-state index in [2.05, 4.69) is 22.4 Å². The van der Waals surface area contributed by atoms with Gasteiger partial charge in [0.2, 0.25) is 5.91 Å². The van der Waals surface area contributed by atoms with Gasteiger partial charge in [-0.15, -0.1) is 11.3 Å². The highest BCUT2D eigenvalue weighted by Crippen LogP contribution is 2.34. The number of amides is 2. The summed E-state index contributed by atoms with van der Waals surface area (Å²) >= 11 is 1.55. The monoisotopic (exact) mass is 435 g/mol. The highest BCUT2D eigenvalue weighted by Gasteiger charge is 2.30. The Morgan fingerprint density at radius 3 is 2.74 bits per heavy atom. The van der Waals surface area contributed by atoms with E-state index in [9.17, 15) is 9.59 Å². The second-order valence-corrected chi connectivity index (χ2v) is 9.52. The van der Waals surface area contributed by atoms with Crippen molar-refractivity contribution in [2.45, 2.75) is 58.0 Å². The molecular weight excluding hydrogens is 406 g/mol. The van der Waals surface area contributed by atoms with Crippen molar-refractivity contribution >= 4 is 33.2 Å². The molecule has 3 aromatic rings. The Morgan fingerprint density at radius 2 is 1.97 bits per heavy atom. The van der Waals surface area contributed by atoms with Gasteiger partial charge < -0.3 is 10.2 Å². The Labute approximate surface area is 187 Å². The highest BCUT2D eigenvalue weighted by atomic mass is 32.1. The van der Waals surface area contributed by atoms with Crippen molar-refractivity contribution in [3.63, 3.8) is 0 Å². The molecule has 5 nitrogen and oxygen atoms in total. The first-order valence-corrected chi connectivity index (χ1v) is 11.8. The van der Waals surface area contributed by atoms with Crippen molar-refractivity contribution in [2.75, 3.05) is 6.54 Å². The van der Waals surface area contributed by atoms with E-state index in [4.69, 9.17) is 0 Å². The fraction of sp³-hybridized carbons (Fsp3) is 0.400. The molecule has 3 heterocycles. The van der Waals surface area contributed by atoms with Gasteiger partial charge in [0.1, 0.15) is 0 Å². The number of aromatic nitrogens is 1. The molecular formula is C25H29N3O2S. The minimum atomic E-state index is -0.0200. The van der Waals surface area contributed by atoms with E-state index in [1.54, 1.807) is 17.5 Å². The van der Waals surface area contributed by atoms with E-state index < -0.39 is 0 Å². The van der Waals surface area contributed by atoms with Crippen LogP contribution >= 0.6 is 11.3 Å². The van der Waals surface area contributed by atoms with Crippen LogP contribution in [0.15, 0.2) is 48.7 Å². The lowest BCUT2D eigenvalue weighted by Gasteiger charge is -2.36. The van der Waals surface area contributed by atoms with Crippen LogP contribution in [0, 0.1) is 0 Å². The Hall–Kier alpha value is -2.73. The number of pyridine rings is 1. The molecule has 1 saturated heterocycles. The number of hydrogen-bond acceptors (Lipinski definition) is 4. The summed E-state index contributed by atoms with van der Waals surface area (Å²) in [6.07, 6.45) is 5.85. The molecule has 0 saturated carbocycles. The largest absolute Gasteiger partial charge is 0.349 e. The van der Waals surface area contributed by atoms with E-state index in [-0.39, 0.29) is 23.9 Å². The van der Waals surface area contributed by atoms with Crippen LogP contribution in [-0.2, 0) is 17.6 Å². The number of likely N-dealkylation sites (tertiary alicyclic amines) is 1. The fourth-order valence-corrected chi connectivity index (χ4v) is 5.48. The van der Waals surface area contributed by atoms with E-state index in [0.29, 0.717) is 12.8 Å². The van der Waals surface area contributed by atoms with Crippen molar-refractivity contribution in [2.24, 2.45) is 0 Å². The lowest BCUT2D eigenvalue weighted by atomic mass is 9.93. The minimum absolute atomic E-state index is 0.0200. The summed E-state index contributed by atoms with van der Waals surface area (Å²) in [4.78, 5) is 33.2. The lowest BCUT2D eigenvalue weighted by molar-refractivity contribution is -0.134. The van der Waals surface area contributed by atoms with Crippen LogP contribution in [-0.4, -0.2) is 40.3 Å². The summed E-state index contributed by atoms with van der Waals surface area (Å²) in [6.45, 7) is 4.72. The molecule has 2 aromatic heterocycles. The molecule has 0 bridgehead atoms. The molecule has 1 atom stereocenters. The SMILES string of the molecule is CC(C)NC(=O)c1sc2ccccc2c1C[C@@H]1CCCCN1C(=O)Cc1ccccn1. The fourth-order valence-electron chi connectivity index (χ4n) is 4.35. The number of rotatable bonds is 6. The van der Waals surface area contributed by atoms with Crippen molar-refractivity contribution < 1.29 is 9.59 Å². The number of hydrogen-bond donors (Lipinski definition) is 1. The molecule has 1 aromatic carbocycles. The average Bonchev–Trinajstić information content (AvgIpc) is 3.13. The summed E-state index contributed by atoms with van der Waals surface area (Å²) in [5, 5.41) is 4.18. The molecule has 6 heteroatoms. The maximum absolute atomic E-state index is 13.1. The molecule has 1 aliphatic heterocycles. The Morgan fingerprint density at radius 1 is 1.16 bits per heavy atom. The second-order valence-electron chi connectivity index (χ2n) is 8.47. The predicted molar refractivity (Wildman–Crippen MR) is 125 cm³/mol. The van der Waals surface area contributed by atoms with Gasteiger partial charge in [-0.1, -0.05) is 24.3 Å². The summed E-state index contributed by atoms with van der Waals surface area (Å²) in [5.74, 6) is 0.101.